The molecular formula is C17H33N3O. The Labute approximate surface area is 130 Å². The molecule has 122 valence electrons. The molecule has 4 heteroatoms. The molecule has 2 N–H and O–H groups in total. The first-order valence-corrected chi connectivity index (χ1v) is 8.89. The van der Waals surface area contributed by atoms with Crippen molar-refractivity contribution in [2.45, 2.75) is 70.9 Å². The normalized spacial score (nSPS) is 24.6. The number of hydrogen-bond acceptors (Lipinski definition) is 3. The van der Waals surface area contributed by atoms with Crippen LogP contribution in [0, 0.1) is 5.92 Å². The molecule has 21 heavy (non-hydrogen) atoms. The number of carbonyl (C=O) groups excluding carboxylic acids is 1. The van der Waals surface area contributed by atoms with Crippen molar-refractivity contribution in [2.24, 2.45) is 5.92 Å². The van der Waals surface area contributed by atoms with Gasteiger partial charge in [-0.3, -0.25) is 9.69 Å². The van der Waals surface area contributed by atoms with E-state index in [0.717, 1.165) is 19.6 Å². The van der Waals surface area contributed by atoms with E-state index in [-0.39, 0.29) is 5.91 Å². The first kappa shape index (κ1) is 16.8. The van der Waals surface area contributed by atoms with Crippen LogP contribution in [0.25, 0.3) is 0 Å². The van der Waals surface area contributed by atoms with Crippen LogP contribution < -0.4 is 10.6 Å². The van der Waals surface area contributed by atoms with Crippen molar-refractivity contribution in [1.82, 2.24) is 15.5 Å². The van der Waals surface area contributed by atoms with E-state index in [0.29, 0.717) is 24.5 Å². The van der Waals surface area contributed by atoms with Gasteiger partial charge in [-0.05, 0) is 44.7 Å². The van der Waals surface area contributed by atoms with Crippen LogP contribution in [0.15, 0.2) is 0 Å². The number of piperidine rings is 1. The minimum atomic E-state index is 0.234. The van der Waals surface area contributed by atoms with E-state index in [1.165, 1.54) is 44.9 Å². The number of nitrogens with one attached hydrogen (secondary N) is 2. The third-order valence-corrected chi connectivity index (χ3v) is 4.75. The summed E-state index contributed by atoms with van der Waals surface area (Å²) >= 11 is 0. The Balaban J connectivity index is 1.73. The van der Waals surface area contributed by atoms with E-state index in [4.69, 9.17) is 0 Å². The highest BCUT2D eigenvalue weighted by Crippen LogP contribution is 2.19. The molecule has 2 rings (SSSR count). The molecule has 0 bridgehead atoms. The summed E-state index contributed by atoms with van der Waals surface area (Å²) in [5, 5.41) is 6.78. The minimum absolute atomic E-state index is 0.234. The Hall–Kier alpha value is -0.610. The molecule has 1 heterocycles. The summed E-state index contributed by atoms with van der Waals surface area (Å²) < 4.78 is 0. The molecule has 0 radical (unpaired) electrons. The van der Waals surface area contributed by atoms with E-state index in [1.807, 2.05) is 0 Å². The van der Waals surface area contributed by atoms with Crippen LogP contribution >= 0.6 is 0 Å². The summed E-state index contributed by atoms with van der Waals surface area (Å²) in [6, 6.07) is 0.978. The molecule has 1 saturated heterocycles. The van der Waals surface area contributed by atoms with Gasteiger partial charge in [0, 0.05) is 18.6 Å². The maximum Gasteiger partial charge on any atom is 0.234 e. The van der Waals surface area contributed by atoms with Gasteiger partial charge in [0.05, 0.1) is 6.54 Å². The van der Waals surface area contributed by atoms with Crippen molar-refractivity contribution < 1.29 is 4.79 Å². The first-order chi connectivity index (χ1) is 10.1. The third-order valence-electron chi connectivity index (χ3n) is 4.75. The number of hydrogen-bond donors (Lipinski definition) is 2. The number of rotatable bonds is 7. The summed E-state index contributed by atoms with van der Waals surface area (Å²) in [6.07, 6.45) is 8.65. The lowest BCUT2D eigenvalue weighted by molar-refractivity contribution is -0.123. The Bertz CT molecular complexity index is 313. The lowest BCUT2D eigenvalue weighted by Crippen LogP contribution is -2.50. The summed E-state index contributed by atoms with van der Waals surface area (Å²) in [5.74, 6) is 0.922. The fourth-order valence-corrected chi connectivity index (χ4v) is 3.57. The van der Waals surface area contributed by atoms with Crippen LogP contribution in [0.3, 0.4) is 0 Å². The van der Waals surface area contributed by atoms with Crippen LogP contribution in [0.1, 0.15) is 58.8 Å². The van der Waals surface area contributed by atoms with Crippen LogP contribution in [0.5, 0.6) is 0 Å². The molecule has 0 aromatic carbocycles. The number of likely N-dealkylation sites (tertiary alicyclic amines) is 1. The van der Waals surface area contributed by atoms with Gasteiger partial charge in [0.25, 0.3) is 0 Å². The molecule has 1 aliphatic heterocycles. The smallest absolute Gasteiger partial charge is 0.234 e. The maximum atomic E-state index is 12.2. The van der Waals surface area contributed by atoms with Crippen molar-refractivity contribution in [3.05, 3.63) is 0 Å². The topological polar surface area (TPSA) is 44.4 Å². The lowest BCUT2D eigenvalue weighted by Gasteiger charge is -2.35. The van der Waals surface area contributed by atoms with Crippen LogP contribution in [0.2, 0.25) is 0 Å². The molecule has 0 aromatic heterocycles. The van der Waals surface area contributed by atoms with Gasteiger partial charge in [0.15, 0.2) is 0 Å². The highest BCUT2D eigenvalue weighted by Gasteiger charge is 2.25. The second kappa shape index (κ2) is 8.74. The molecule has 0 spiro atoms. The summed E-state index contributed by atoms with van der Waals surface area (Å²) in [6.45, 7) is 8.23. The van der Waals surface area contributed by atoms with Gasteiger partial charge in [0.2, 0.25) is 5.91 Å². The average Bonchev–Trinajstić information content (AvgIpc) is 2.93. The quantitative estimate of drug-likeness (QED) is 0.756. The molecule has 1 amide bonds. The van der Waals surface area contributed by atoms with E-state index in [2.05, 4.69) is 29.4 Å². The van der Waals surface area contributed by atoms with E-state index in [1.54, 1.807) is 0 Å². The fourth-order valence-electron chi connectivity index (χ4n) is 3.57. The zero-order chi connectivity index (χ0) is 15.1. The van der Waals surface area contributed by atoms with E-state index < -0.39 is 0 Å². The highest BCUT2D eigenvalue weighted by molar-refractivity contribution is 5.78. The zero-order valence-electron chi connectivity index (χ0n) is 13.9. The van der Waals surface area contributed by atoms with Crippen molar-refractivity contribution in [1.29, 1.82) is 0 Å². The van der Waals surface area contributed by atoms with Crippen molar-refractivity contribution in [2.75, 3.05) is 26.2 Å². The van der Waals surface area contributed by atoms with E-state index >= 15 is 0 Å². The second-order valence-electron chi connectivity index (χ2n) is 7.22. The molecule has 0 aromatic rings. The highest BCUT2D eigenvalue weighted by atomic mass is 16.2. The maximum absolute atomic E-state index is 12.2. The average molecular weight is 295 g/mol. The van der Waals surface area contributed by atoms with Gasteiger partial charge in [-0.25, -0.2) is 0 Å². The van der Waals surface area contributed by atoms with Crippen LogP contribution in [-0.2, 0) is 4.79 Å². The molecule has 2 aliphatic rings. The minimum Gasteiger partial charge on any atom is -0.352 e. The van der Waals surface area contributed by atoms with Gasteiger partial charge < -0.3 is 10.6 Å². The largest absolute Gasteiger partial charge is 0.352 e. The Morgan fingerprint density at radius 3 is 2.57 bits per heavy atom. The summed E-state index contributed by atoms with van der Waals surface area (Å²) in [5.41, 5.74) is 0. The van der Waals surface area contributed by atoms with Crippen molar-refractivity contribution >= 4 is 5.91 Å². The zero-order valence-corrected chi connectivity index (χ0v) is 13.9. The molecular weight excluding hydrogens is 262 g/mol. The standard InChI is InChI=1S/C17H33N3O/c1-14(2)11-18-12-16-9-5-6-10-20(16)13-17(21)19-15-7-3-4-8-15/h14-16,18H,3-13H2,1-2H3,(H,19,21). The fraction of sp³-hybridized carbons (Fsp3) is 0.941. The van der Waals surface area contributed by atoms with Gasteiger partial charge in [0.1, 0.15) is 0 Å². The molecule has 1 saturated carbocycles. The number of amides is 1. The summed E-state index contributed by atoms with van der Waals surface area (Å²) in [7, 11) is 0. The Morgan fingerprint density at radius 2 is 1.86 bits per heavy atom. The molecule has 4 nitrogen and oxygen atoms in total. The molecule has 2 fully saturated rings. The van der Waals surface area contributed by atoms with Gasteiger partial charge >= 0.3 is 0 Å². The molecule has 1 aliphatic carbocycles. The second-order valence-corrected chi connectivity index (χ2v) is 7.22. The molecule has 1 unspecified atom stereocenters. The van der Waals surface area contributed by atoms with Crippen molar-refractivity contribution in [3.8, 4) is 0 Å². The first-order valence-electron chi connectivity index (χ1n) is 8.89. The monoisotopic (exact) mass is 295 g/mol. The predicted octanol–water partition coefficient (Wildman–Crippen LogP) is 2.15. The Kier molecular flexibility index (Phi) is 6.97. The number of carbonyl (C=O) groups is 1. The van der Waals surface area contributed by atoms with Gasteiger partial charge in [-0.15, -0.1) is 0 Å². The predicted molar refractivity (Wildman–Crippen MR) is 87.3 cm³/mol. The summed E-state index contributed by atoms with van der Waals surface area (Å²) in [4.78, 5) is 14.6. The van der Waals surface area contributed by atoms with E-state index in [9.17, 15) is 4.79 Å². The van der Waals surface area contributed by atoms with Crippen molar-refractivity contribution in [3.63, 3.8) is 0 Å². The Morgan fingerprint density at radius 1 is 1.14 bits per heavy atom. The van der Waals surface area contributed by atoms with Crippen LogP contribution in [0.4, 0.5) is 0 Å². The third kappa shape index (κ3) is 5.95. The van der Waals surface area contributed by atoms with Crippen LogP contribution in [-0.4, -0.2) is 49.1 Å². The van der Waals surface area contributed by atoms with Gasteiger partial charge in [-0.2, -0.15) is 0 Å². The molecule has 1 atom stereocenters. The number of nitrogens with zero attached hydrogens (tertiary/aromatic N) is 1. The SMILES string of the molecule is CC(C)CNCC1CCCCN1CC(=O)NC1CCCC1. The lowest BCUT2D eigenvalue weighted by atomic mass is 10.0. The van der Waals surface area contributed by atoms with Gasteiger partial charge in [-0.1, -0.05) is 33.1 Å².